The molecule has 114 valence electrons. The summed E-state index contributed by atoms with van der Waals surface area (Å²) in [6.07, 6.45) is 3.32. The third-order valence-electron chi connectivity index (χ3n) is 3.22. The van der Waals surface area contributed by atoms with Gasteiger partial charge in [0.1, 0.15) is 6.61 Å². The molecule has 0 atom stereocenters. The lowest BCUT2D eigenvalue weighted by Crippen LogP contribution is -2.24. The van der Waals surface area contributed by atoms with Gasteiger partial charge in [-0.1, -0.05) is 54.6 Å². The normalized spacial score (nSPS) is 10.6. The average Bonchev–Trinajstić information content (AvgIpc) is 2.53. The molecule has 0 unspecified atom stereocenters. The molecule has 0 radical (unpaired) electrons. The van der Waals surface area contributed by atoms with E-state index in [-0.39, 0.29) is 6.61 Å². The number of amides is 1. The predicted octanol–water partition coefficient (Wildman–Crippen LogP) is 3.52. The smallest absolute Gasteiger partial charge is 0.407 e. The zero-order chi connectivity index (χ0) is 15.8. The Hall–Kier alpha value is -2.75. The molecule has 0 bridgehead atoms. The Labute approximate surface area is 130 Å². The topological polar surface area (TPSA) is 64.3 Å². The van der Waals surface area contributed by atoms with Gasteiger partial charge >= 0.3 is 6.09 Å². The largest absolute Gasteiger partial charge is 0.445 e. The van der Waals surface area contributed by atoms with Gasteiger partial charge < -0.3 is 15.8 Å². The summed E-state index contributed by atoms with van der Waals surface area (Å²) >= 11 is 0. The summed E-state index contributed by atoms with van der Waals surface area (Å²) in [6.45, 7) is 2.65. The number of nitrogen functional groups attached to an aromatic ring is 1. The first-order chi connectivity index (χ1) is 10.7. The van der Waals surface area contributed by atoms with Crippen LogP contribution in [0, 0.1) is 6.92 Å². The zero-order valence-corrected chi connectivity index (χ0v) is 12.6. The lowest BCUT2D eigenvalue weighted by molar-refractivity contribution is 0.141. The second kappa shape index (κ2) is 7.88. The summed E-state index contributed by atoms with van der Waals surface area (Å²) in [7, 11) is 0. The van der Waals surface area contributed by atoms with E-state index in [1.807, 2.05) is 67.6 Å². The second-order valence-electron chi connectivity index (χ2n) is 4.92. The first kappa shape index (κ1) is 15.6. The van der Waals surface area contributed by atoms with Crippen molar-refractivity contribution in [3.05, 3.63) is 71.3 Å². The maximum atomic E-state index is 11.6. The Morgan fingerprint density at radius 3 is 2.68 bits per heavy atom. The highest BCUT2D eigenvalue weighted by molar-refractivity contribution is 5.69. The van der Waals surface area contributed by atoms with Gasteiger partial charge in [-0.3, -0.25) is 0 Å². The fraction of sp³-hybridized carbons (Fsp3) is 0.167. The number of carbonyl (C=O) groups is 1. The van der Waals surface area contributed by atoms with Crippen LogP contribution in [0.1, 0.15) is 16.7 Å². The van der Waals surface area contributed by atoms with E-state index in [9.17, 15) is 4.79 Å². The van der Waals surface area contributed by atoms with Gasteiger partial charge in [0.05, 0.1) is 0 Å². The van der Waals surface area contributed by atoms with E-state index in [2.05, 4.69) is 5.32 Å². The van der Waals surface area contributed by atoms with Crippen LogP contribution in [0.5, 0.6) is 0 Å². The number of hydrogen-bond donors (Lipinski definition) is 2. The van der Waals surface area contributed by atoms with Gasteiger partial charge in [0.2, 0.25) is 0 Å². The summed E-state index contributed by atoms with van der Waals surface area (Å²) in [5.41, 5.74) is 9.67. The van der Waals surface area contributed by atoms with Crippen molar-refractivity contribution in [2.24, 2.45) is 0 Å². The minimum atomic E-state index is -0.439. The molecule has 2 aromatic carbocycles. The molecule has 0 saturated heterocycles. The van der Waals surface area contributed by atoms with E-state index in [0.717, 1.165) is 22.4 Å². The molecular formula is C18H20N2O2. The van der Waals surface area contributed by atoms with Crippen LogP contribution < -0.4 is 11.1 Å². The van der Waals surface area contributed by atoms with Crippen molar-refractivity contribution in [3.8, 4) is 0 Å². The monoisotopic (exact) mass is 296 g/mol. The average molecular weight is 296 g/mol. The fourth-order valence-corrected chi connectivity index (χ4v) is 2.02. The summed E-state index contributed by atoms with van der Waals surface area (Å²) in [4.78, 5) is 11.6. The summed E-state index contributed by atoms with van der Waals surface area (Å²) in [6, 6.07) is 15.3. The van der Waals surface area contributed by atoms with Gasteiger partial charge in [-0.15, -0.1) is 0 Å². The molecule has 0 aromatic heterocycles. The van der Waals surface area contributed by atoms with Gasteiger partial charge in [0, 0.05) is 17.8 Å². The number of rotatable bonds is 5. The molecule has 0 aliphatic heterocycles. The van der Waals surface area contributed by atoms with Crippen molar-refractivity contribution in [2.75, 3.05) is 12.3 Å². The Kier molecular flexibility index (Phi) is 5.60. The van der Waals surface area contributed by atoms with E-state index in [0.29, 0.717) is 6.54 Å². The van der Waals surface area contributed by atoms with Crippen LogP contribution in [0.25, 0.3) is 6.08 Å². The molecule has 4 nitrogen and oxygen atoms in total. The van der Waals surface area contributed by atoms with E-state index in [1.165, 1.54) is 0 Å². The van der Waals surface area contributed by atoms with E-state index in [4.69, 9.17) is 10.5 Å². The van der Waals surface area contributed by atoms with Crippen molar-refractivity contribution in [1.82, 2.24) is 5.32 Å². The van der Waals surface area contributed by atoms with Crippen molar-refractivity contribution >= 4 is 17.9 Å². The second-order valence-corrected chi connectivity index (χ2v) is 4.92. The summed E-state index contributed by atoms with van der Waals surface area (Å²) < 4.78 is 5.12. The number of aryl methyl sites for hydroxylation is 1. The molecule has 0 spiro atoms. The van der Waals surface area contributed by atoms with Crippen LogP contribution in [-0.2, 0) is 11.3 Å². The lowest BCUT2D eigenvalue weighted by Gasteiger charge is -2.06. The molecular weight excluding hydrogens is 276 g/mol. The summed E-state index contributed by atoms with van der Waals surface area (Å²) in [5, 5.41) is 2.67. The minimum absolute atomic E-state index is 0.265. The molecule has 0 aliphatic rings. The Balaban J connectivity index is 1.76. The standard InChI is InChI=1S/C18H20N2O2/c1-14-7-5-11-17(19)16(14)10-6-12-20-18(21)22-13-15-8-3-2-4-9-15/h2-11H,12-13,19H2,1H3,(H,20,21). The first-order valence-corrected chi connectivity index (χ1v) is 7.13. The molecule has 4 heteroatoms. The van der Waals surface area contributed by atoms with Gasteiger partial charge in [-0.2, -0.15) is 0 Å². The maximum absolute atomic E-state index is 11.6. The summed E-state index contributed by atoms with van der Waals surface area (Å²) in [5.74, 6) is 0. The van der Waals surface area contributed by atoms with Crippen molar-refractivity contribution in [3.63, 3.8) is 0 Å². The first-order valence-electron chi connectivity index (χ1n) is 7.13. The highest BCUT2D eigenvalue weighted by atomic mass is 16.5. The van der Waals surface area contributed by atoms with Crippen LogP contribution in [0.3, 0.4) is 0 Å². The van der Waals surface area contributed by atoms with E-state index < -0.39 is 6.09 Å². The molecule has 3 N–H and O–H groups in total. The Morgan fingerprint density at radius 1 is 1.18 bits per heavy atom. The SMILES string of the molecule is Cc1cccc(N)c1C=CCNC(=O)OCc1ccccc1. The molecule has 2 rings (SSSR count). The number of benzene rings is 2. The number of hydrogen-bond acceptors (Lipinski definition) is 3. The Morgan fingerprint density at radius 2 is 1.95 bits per heavy atom. The predicted molar refractivity (Wildman–Crippen MR) is 89.3 cm³/mol. The van der Waals surface area contributed by atoms with E-state index in [1.54, 1.807) is 0 Å². The highest BCUT2D eigenvalue weighted by Gasteiger charge is 2.01. The van der Waals surface area contributed by atoms with Crippen LogP contribution in [-0.4, -0.2) is 12.6 Å². The van der Waals surface area contributed by atoms with Crippen molar-refractivity contribution in [2.45, 2.75) is 13.5 Å². The van der Waals surface area contributed by atoms with Crippen LogP contribution in [0.2, 0.25) is 0 Å². The molecule has 1 amide bonds. The third kappa shape index (κ3) is 4.66. The van der Waals surface area contributed by atoms with Crippen molar-refractivity contribution < 1.29 is 9.53 Å². The van der Waals surface area contributed by atoms with Gasteiger partial charge in [0.15, 0.2) is 0 Å². The van der Waals surface area contributed by atoms with Gasteiger partial charge in [-0.05, 0) is 24.1 Å². The number of ether oxygens (including phenoxy) is 1. The minimum Gasteiger partial charge on any atom is -0.445 e. The molecule has 2 aromatic rings. The third-order valence-corrected chi connectivity index (χ3v) is 3.22. The number of alkyl carbamates (subject to hydrolysis) is 1. The van der Waals surface area contributed by atoms with Gasteiger partial charge in [-0.25, -0.2) is 4.79 Å². The quantitative estimate of drug-likeness (QED) is 0.830. The zero-order valence-electron chi connectivity index (χ0n) is 12.6. The molecule has 0 fully saturated rings. The maximum Gasteiger partial charge on any atom is 0.407 e. The van der Waals surface area contributed by atoms with Crippen molar-refractivity contribution in [1.29, 1.82) is 0 Å². The van der Waals surface area contributed by atoms with Crippen LogP contribution >= 0.6 is 0 Å². The number of anilines is 1. The molecule has 0 aliphatic carbocycles. The van der Waals surface area contributed by atoms with Crippen LogP contribution in [0.15, 0.2) is 54.6 Å². The number of nitrogens with two attached hydrogens (primary N) is 1. The molecule has 22 heavy (non-hydrogen) atoms. The number of nitrogens with one attached hydrogen (secondary N) is 1. The number of carbonyl (C=O) groups excluding carboxylic acids is 1. The van der Waals surface area contributed by atoms with Gasteiger partial charge in [0.25, 0.3) is 0 Å². The molecule has 0 saturated carbocycles. The fourth-order valence-electron chi connectivity index (χ4n) is 2.02. The Bertz CT molecular complexity index is 631. The lowest BCUT2D eigenvalue weighted by atomic mass is 10.1. The van der Waals surface area contributed by atoms with Crippen LogP contribution in [0.4, 0.5) is 10.5 Å². The highest BCUT2D eigenvalue weighted by Crippen LogP contribution is 2.17. The molecule has 0 heterocycles. The van der Waals surface area contributed by atoms with E-state index >= 15 is 0 Å².